The van der Waals surface area contributed by atoms with E-state index in [9.17, 15) is 18.0 Å². The number of carbonyl (C=O) groups excluding carboxylic acids is 1. The standard InChI is InChI=1S/C6H9F3O/c1-3-5(4(2)10)6(7,8)9/h5H,3H2,1-2H3. The zero-order valence-corrected chi connectivity index (χ0v) is 5.83. The van der Waals surface area contributed by atoms with E-state index in [1.807, 2.05) is 0 Å². The zero-order chi connectivity index (χ0) is 8.36. The van der Waals surface area contributed by atoms with E-state index in [1.54, 1.807) is 0 Å². The van der Waals surface area contributed by atoms with E-state index in [2.05, 4.69) is 0 Å². The highest BCUT2D eigenvalue weighted by molar-refractivity contribution is 5.78. The Kier molecular flexibility index (Phi) is 2.87. The van der Waals surface area contributed by atoms with Gasteiger partial charge in [0.15, 0.2) is 0 Å². The molecule has 1 nitrogen and oxygen atoms in total. The Hall–Kier alpha value is -0.540. The molecular formula is C6H9F3O. The van der Waals surface area contributed by atoms with Gasteiger partial charge in [0, 0.05) is 0 Å². The first-order chi connectivity index (χ1) is 4.39. The Bertz CT molecular complexity index is 127. The number of alkyl halides is 3. The van der Waals surface area contributed by atoms with E-state index < -0.39 is 17.9 Å². The van der Waals surface area contributed by atoms with Crippen molar-refractivity contribution >= 4 is 5.78 Å². The fourth-order valence-corrected chi connectivity index (χ4v) is 0.749. The Balaban J connectivity index is 4.22. The Labute approximate surface area is 57.2 Å². The molecule has 4 heteroatoms. The summed E-state index contributed by atoms with van der Waals surface area (Å²) in [6, 6.07) is 0. The van der Waals surface area contributed by atoms with Crippen LogP contribution in [0, 0.1) is 5.92 Å². The van der Waals surface area contributed by atoms with Crippen LogP contribution in [0.2, 0.25) is 0 Å². The maximum Gasteiger partial charge on any atom is 0.398 e. The Morgan fingerprint density at radius 2 is 1.90 bits per heavy atom. The van der Waals surface area contributed by atoms with E-state index in [0.717, 1.165) is 6.92 Å². The van der Waals surface area contributed by atoms with E-state index in [1.165, 1.54) is 6.92 Å². The van der Waals surface area contributed by atoms with E-state index in [0.29, 0.717) is 0 Å². The molecule has 1 atom stereocenters. The van der Waals surface area contributed by atoms with Crippen LogP contribution >= 0.6 is 0 Å². The third-order valence-electron chi connectivity index (χ3n) is 1.29. The molecule has 0 amide bonds. The van der Waals surface area contributed by atoms with Crippen LogP contribution in [0.15, 0.2) is 0 Å². The molecule has 0 aliphatic carbocycles. The van der Waals surface area contributed by atoms with Crippen LogP contribution < -0.4 is 0 Å². The lowest BCUT2D eigenvalue weighted by Gasteiger charge is -2.14. The molecule has 0 aromatic rings. The number of hydrogen-bond acceptors (Lipinski definition) is 1. The molecule has 0 aromatic carbocycles. The zero-order valence-electron chi connectivity index (χ0n) is 5.83. The Morgan fingerprint density at radius 1 is 1.50 bits per heavy atom. The number of carbonyl (C=O) groups is 1. The first-order valence-electron chi connectivity index (χ1n) is 2.96. The molecule has 0 heterocycles. The van der Waals surface area contributed by atoms with Gasteiger partial charge in [0.05, 0.1) is 0 Å². The molecule has 0 radical (unpaired) electrons. The molecule has 0 spiro atoms. The normalized spacial score (nSPS) is 14.9. The fourth-order valence-electron chi connectivity index (χ4n) is 0.749. The lowest BCUT2D eigenvalue weighted by atomic mass is 10.0. The van der Waals surface area contributed by atoms with Crippen molar-refractivity contribution < 1.29 is 18.0 Å². The van der Waals surface area contributed by atoms with Gasteiger partial charge < -0.3 is 0 Å². The van der Waals surface area contributed by atoms with Gasteiger partial charge in [-0.1, -0.05) is 6.92 Å². The monoisotopic (exact) mass is 154 g/mol. The molecular weight excluding hydrogens is 145 g/mol. The van der Waals surface area contributed by atoms with Gasteiger partial charge in [0.25, 0.3) is 0 Å². The SMILES string of the molecule is CCC(C(C)=O)C(F)(F)F. The first-order valence-corrected chi connectivity index (χ1v) is 2.96. The number of halogens is 3. The van der Waals surface area contributed by atoms with Crippen LogP contribution in [-0.4, -0.2) is 12.0 Å². The van der Waals surface area contributed by atoms with E-state index in [-0.39, 0.29) is 6.42 Å². The average molecular weight is 154 g/mol. The quantitative estimate of drug-likeness (QED) is 0.595. The van der Waals surface area contributed by atoms with Crippen LogP contribution in [0.4, 0.5) is 13.2 Å². The fraction of sp³-hybridized carbons (Fsp3) is 0.833. The summed E-state index contributed by atoms with van der Waals surface area (Å²) in [6.07, 6.45) is -4.53. The van der Waals surface area contributed by atoms with Crippen molar-refractivity contribution in [2.24, 2.45) is 5.92 Å². The predicted molar refractivity (Wildman–Crippen MR) is 30.5 cm³/mol. The van der Waals surface area contributed by atoms with Crippen molar-refractivity contribution in [3.63, 3.8) is 0 Å². The van der Waals surface area contributed by atoms with Gasteiger partial charge in [-0.05, 0) is 13.3 Å². The molecule has 0 aliphatic heterocycles. The summed E-state index contributed by atoms with van der Waals surface area (Å²) in [5, 5.41) is 0. The largest absolute Gasteiger partial charge is 0.398 e. The molecule has 0 rings (SSSR count). The van der Waals surface area contributed by atoms with E-state index in [4.69, 9.17) is 0 Å². The van der Waals surface area contributed by atoms with Gasteiger partial charge in [-0.25, -0.2) is 0 Å². The van der Waals surface area contributed by atoms with Crippen molar-refractivity contribution in [1.29, 1.82) is 0 Å². The summed E-state index contributed by atoms with van der Waals surface area (Å²) in [7, 11) is 0. The van der Waals surface area contributed by atoms with Gasteiger partial charge in [0.2, 0.25) is 0 Å². The topological polar surface area (TPSA) is 17.1 Å². The number of ketones is 1. The van der Waals surface area contributed by atoms with Gasteiger partial charge in [0.1, 0.15) is 11.7 Å². The smallest absolute Gasteiger partial charge is 0.299 e. The second-order valence-electron chi connectivity index (χ2n) is 2.11. The third-order valence-corrected chi connectivity index (χ3v) is 1.29. The summed E-state index contributed by atoms with van der Waals surface area (Å²) in [4.78, 5) is 10.3. The summed E-state index contributed by atoms with van der Waals surface area (Å²) in [5.74, 6) is -2.58. The highest BCUT2D eigenvalue weighted by Gasteiger charge is 2.41. The van der Waals surface area contributed by atoms with Gasteiger partial charge in [-0.3, -0.25) is 4.79 Å². The van der Waals surface area contributed by atoms with Crippen molar-refractivity contribution in [2.45, 2.75) is 26.4 Å². The molecule has 0 N–H and O–H groups in total. The molecule has 1 unspecified atom stereocenters. The summed E-state index contributed by atoms with van der Waals surface area (Å²) in [5.41, 5.74) is 0. The van der Waals surface area contributed by atoms with Crippen LogP contribution in [0.5, 0.6) is 0 Å². The van der Waals surface area contributed by atoms with Crippen molar-refractivity contribution in [2.75, 3.05) is 0 Å². The van der Waals surface area contributed by atoms with Crippen LogP contribution in [-0.2, 0) is 4.79 Å². The number of rotatable bonds is 2. The molecule has 0 aliphatic rings. The molecule has 10 heavy (non-hydrogen) atoms. The number of Topliss-reactive ketones (excluding diaryl/α,β-unsaturated/α-hetero) is 1. The average Bonchev–Trinajstić information content (AvgIpc) is 1.60. The predicted octanol–water partition coefficient (Wildman–Crippen LogP) is 2.16. The van der Waals surface area contributed by atoms with E-state index >= 15 is 0 Å². The molecule has 0 bridgehead atoms. The second-order valence-corrected chi connectivity index (χ2v) is 2.11. The first kappa shape index (κ1) is 9.46. The molecule has 0 saturated carbocycles. The maximum absolute atomic E-state index is 11.8. The lowest BCUT2D eigenvalue weighted by molar-refractivity contribution is -0.180. The third kappa shape index (κ3) is 2.37. The Morgan fingerprint density at radius 3 is 1.90 bits per heavy atom. The minimum atomic E-state index is -4.36. The summed E-state index contributed by atoms with van der Waals surface area (Å²) >= 11 is 0. The highest BCUT2D eigenvalue weighted by atomic mass is 19.4. The lowest BCUT2D eigenvalue weighted by Crippen LogP contribution is -2.28. The van der Waals surface area contributed by atoms with Crippen molar-refractivity contribution in [3.8, 4) is 0 Å². The highest BCUT2D eigenvalue weighted by Crippen LogP contribution is 2.28. The molecule has 60 valence electrons. The van der Waals surface area contributed by atoms with Gasteiger partial charge in [-0.2, -0.15) is 13.2 Å². The van der Waals surface area contributed by atoms with Gasteiger partial charge >= 0.3 is 6.18 Å². The second kappa shape index (κ2) is 3.03. The van der Waals surface area contributed by atoms with Crippen LogP contribution in [0.3, 0.4) is 0 Å². The maximum atomic E-state index is 11.8. The summed E-state index contributed by atoms with van der Waals surface area (Å²) in [6.45, 7) is 2.31. The van der Waals surface area contributed by atoms with Crippen LogP contribution in [0.25, 0.3) is 0 Å². The van der Waals surface area contributed by atoms with Crippen molar-refractivity contribution in [3.05, 3.63) is 0 Å². The van der Waals surface area contributed by atoms with Gasteiger partial charge in [-0.15, -0.1) is 0 Å². The molecule has 0 fully saturated rings. The molecule has 0 aromatic heterocycles. The minimum absolute atomic E-state index is 0.168. The molecule has 0 saturated heterocycles. The number of hydrogen-bond donors (Lipinski definition) is 0. The van der Waals surface area contributed by atoms with Crippen LogP contribution in [0.1, 0.15) is 20.3 Å². The van der Waals surface area contributed by atoms with Crippen molar-refractivity contribution in [1.82, 2.24) is 0 Å². The minimum Gasteiger partial charge on any atom is -0.299 e. The summed E-state index contributed by atoms with van der Waals surface area (Å²) < 4.78 is 35.3.